The number of pyridine rings is 1. The standard InChI is InChI=1S/C18H25N3O2S/c1-18(2,3)24(22,23)17-11-10-15(14-20-17)19-12-13-21(4)16-8-6-5-7-9-16/h5-11,14,19H,12-13H2,1-4H3. The van der Waals surface area contributed by atoms with Crippen molar-refractivity contribution in [1.29, 1.82) is 0 Å². The molecule has 0 bridgehead atoms. The van der Waals surface area contributed by atoms with E-state index in [0.717, 1.165) is 24.5 Å². The van der Waals surface area contributed by atoms with E-state index in [9.17, 15) is 8.42 Å². The Hall–Kier alpha value is -2.08. The summed E-state index contributed by atoms with van der Waals surface area (Å²) in [5, 5.41) is 3.38. The van der Waals surface area contributed by atoms with Crippen LogP contribution in [0.1, 0.15) is 20.8 Å². The van der Waals surface area contributed by atoms with Gasteiger partial charge >= 0.3 is 0 Å². The minimum atomic E-state index is -3.41. The van der Waals surface area contributed by atoms with Gasteiger partial charge in [-0.1, -0.05) is 18.2 Å². The number of nitrogens with one attached hydrogen (secondary N) is 1. The van der Waals surface area contributed by atoms with Crippen molar-refractivity contribution in [3.05, 3.63) is 48.7 Å². The average molecular weight is 347 g/mol. The molecule has 1 aromatic heterocycles. The number of likely N-dealkylation sites (N-methyl/N-ethyl adjacent to an activating group) is 1. The summed E-state index contributed by atoms with van der Waals surface area (Å²) in [6, 6.07) is 13.5. The predicted molar refractivity (Wildman–Crippen MR) is 99.4 cm³/mol. The molecule has 0 atom stereocenters. The molecule has 2 rings (SSSR count). The molecule has 0 radical (unpaired) electrons. The van der Waals surface area contributed by atoms with Gasteiger partial charge in [-0.2, -0.15) is 0 Å². The fourth-order valence-electron chi connectivity index (χ4n) is 2.14. The predicted octanol–water partition coefficient (Wildman–Crippen LogP) is 3.20. The Labute approximate surface area is 144 Å². The molecule has 0 amide bonds. The fraction of sp³-hybridized carbons (Fsp3) is 0.389. The largest absolute Gasteiger partial charge is 0.382 e. The van der Waals surface area contributed by atoms with Crippen LogP contribution in [0.25, 0.3) is 0 Å². The van der Waals surface area contributed by atoms with E-state index < -0.39 is 14.6 Å². The van der Waals surface area contributed by atoms with Gasteiger partial charge in [-0.3, -0.25) is 0 Å². The number of benzene rings is 1. The van der Waals surface area contributed by atoms with Gasteiger partial charge in [0, 0.05) is 25.8 Å². The van der Waals surface area contributed by atoms with Crippen LogP contribution >= 0.6 is 0 Å². The lowest BCUT2D eigenvalue weighted by molar-refractivity contribution is 0.556. The van der Waals surface area contributed by atoms with Crippen LogP contribution in [0, 0.1) is 0 Å². The number of anilines is 2. The van der Waals surface area contributed by atoms with E-state index in [1.165, 1.54) is 0 Å². The number of nitrogens with zero attached hydrogens (tertiary/aromatic N) is 2. The second-order valence-corrected chi connectivity index (χ2v) is 9.33. The SMILES string of the molecule is CN(CCNc1ccc(S(=O)(=O)C(C)(C)C)nc1)c1ccccc1. The summed E-state index contributed by atoms with van der Waals surface area (Å²) in [6.45, 7) is 6.59. The van der Waals surface area contributed by atoms with Crippen LogP contribution in [0.15, 0.2) is 53.7 Å². The molecule has 24 heavy (non-hydrogen) atoms. The Kier molecular flexibility index (Phi) is 5.49. The van der Waals surface area contributed by atoms with E-state index >= 15 is 0 Å². The molecule has 2 aromatic rings. The second kappa shape index (κ2) is 7.21. The van der Waals surface area contributed by atoms with Crippen LogP contribution in [0.4, 0.5) is 11.4 Å². The Balaban J connectivity index is 1.93. The van der Waals surface area contributed by atoms with E-state index in [1.807, 2.05) is 25.2 Å². The van der Waals surface area contributed by atoms with Crippen molar-refractivity contribution < 1.29 is 8.42 Å². The van der Waals surface area contributed by atoms with Crippen LogP contribution < -0.4 is 10.2 Å². The number of aromatic nitrogens is 1. The van der Waals surface area contributed by atoms with Crippen molar-refractivity contribution in [2.24, 2.45) is 0 Å². The fourth-order valence-corrected chi connectivity index (χ4v) is 3.20. The molecular weight excluding hydrogens is 322 g/mol. The molecule has 130 valence electrons. The van der Waals surface area contributed by atoms with E-state index in [0.29, 0.717) is 0 Å². The van der Waals surface area contributed by atoms with E-state index in [2.05, 4.69) is 27.3 Å². The van der Waals surface area contributed by atoms with Crippen molar-refractivity contribution >= 4 is 21.2 Å². The number of hydrogen-bond donors (Lipinski definition) is 1. The second-order valence-electron chi connectivity index (χ2n) is 6.68. The molecule has 1 aromatic carbocycles. The highest BCUT2D eigenvalue weighted by Gasteiger charge is 2.31. The maximum atomic E-state index is 12.3. The molecule has 5 nitrogen and oxygen atoms in total. The van der Waals surface area contributed by atoms with Gasteiger partial charge in [0.2, 0.25) is 0 Å². The molecule has 0 aliphatic rings. The zero-order valence-electron chi connectivity index (χ0n) is 14.7. The maximum Gasteiger partial charge on any atom is 0.200 e. The van der Waals surface area contributed by atoms with Gasteiger partial charge in [-0.05, 0) is 45.0 Å². The van der Waals surface area contributed by atoms with Gasteiger partial charge in [0.15, 0.2) is 14.9 Å². The first-order valence-electron chi connectivity index (χ1n) is 7.92. The summed E-state index contributed by atoms with van der Waals surface area (Å²) < 4.78 is 23.8. The summed E-state index contributed by atoms with van der Waals surface area (Å²) in [5.41, 5.74) is 1.97. The zero-order valence-corrected chi connectivity index (χ0v) is 15.5. The lowest BCUT2D eigenvalue weighted by atomic mass is 10.3. The third-order valence-corrected chi connectivity index (χ3v) is 6.20. The van der Waals surface area contributed by atoms with Crippen LogP contribution in [-0.4, -0.2) is 38.3 Å². The summed E-state index contributed by atoms with van der Waals surface area (Å²) in [7, 11) is -1.37. The first kappa shape index (κ1) is 18.3. The number of para-hydroxylation sites is 1. The summed E-state index contributed by atoms with van der Waals surface area (Å²) >= 11 is 0. The van der Waals surface area contributed by atoms with Crippen molar-refractivity contribution in [2.45, 2.75) is 30.5 Å². The highest BCUT2D eigenvalue weighted by molar-refractivity contribution is 7.92. The van der Waals surface area contributed by atoms with Gasteiger partial charge in [0.1, 0.15) is 0 Å². The van der Waals surface area contributed by atoms with E-state index in [1.54, 1.807) is 39.1 Å². The molecule has 6 heteroatoms. The summed E-state index contributed by atoms with van der Waals surface area (Å²) in [5.74, 6) is 0. The van der Waals surface area contributed by atoms with Gasteiger partial charge in [-0.25, -0.2) is 13.4 Å². The lowest BCUT2D eigenvalue weighted by Gasteiger charge is -2.20. The number of hydrogen-bond acceptors (Lipinski definition) is 5. The lowest BCUT2D eigenvalue weighted by Crippen LogP contribution is -2.28. The highest BCUT2D eigenvalue weighted by atomic mass is 32.2. The van der Waals surface area contributed by atoms with Crippen LogP contribution in [0.5, 0.6) is 0 Å². The van der Waals surface area contributed by atoms with Crippen molar-refractivity contribution in [2.75, 3.05) is 30.4 Å². The van der Waals surface area contributed by atoms with E-state index in [-0.39, 0.29) is 5.03 Å². The third-order valence-electron chi connectivity index (χ3n) is 3.79. The normalized spacial score (nSPS) is 12.0. The topological polar surface area (TPSA) is 62.3 Å². The highest BCUT2D eigenvalue weighted by Crippen LogP contribution is 2.23. The smallest absolute Gasteiger partial charge is 0.200 e. The molecule has 0 unspecified atom stereocenters. The molecule has 0 saturated heterocycles. The quantitative estimate of drug-likeness (QED) is 0.869. The Morgan fingerprint density at radius 1 is 1.08 bits per heavy atom. The molecule has 0 aliphatic heterocycles. The molecule has 1 N–H and O–H groups in total. The average Bonchev–Trinajstić information content (AvgIpc) is 2.55. The Bertz CT molecular complexity index is 751. The zero-order chi connectivity index (χ0) is 17.8. The monoisotopic (exact) mass is 347 g/mol. The Morgan fingerprint density at radius 2 is 1.75 bits per heavy atom. The Morgan fingerprint density at radius 3 is 2.29 bits per heavy atom. The first-order chi connectivity index (χ1) is 11.2. The van der Waals surface area contributed by atoms with Gasteiger partial charge in [0.05, 0.1) is 16.6 Å². The first-order valence-corrected chi connectivity index (χ1v) is 9.41. The van der Waals surface area contributed by atoms with Crippen LogP contribution in [0.2, 0.25) is 0 Å². The molecule has 0 saturated carbocycles. The van der Waals surface area contributed by atoms with E-state index in [4.69, 9.17) is 0 Å². The minimum absolute atomic E-state index is 0.113. The van der Waals surface area contributed by atoms with Crippen LogP contribution in [0.3, 0.4) is 0 Å². The molecule has 1 heterocycles. The van der Waals surface area contributed by atoms with Gasteiger partial charge in [-0.15, -0.1) is 0 Å². The van der Waals surface area contributed by atoms with Crippen molar-refractivity contribution in [1.82, 2.24) is 4.98 Å². The summed E-state index contributed by atoms with van der Waals surface area (Å²) in [4.78, 5) is 6.26. The minimum Gasteiger partial charge on any atom is -0.382 e. The molecule has 0 spiro atoms. The molecule has 0 fully saturated rings. The summed E-state index contributed by atoms with van der Waals surface area (Å²) in [6.07, 6.45) is 1.57. The molecule has 0 aliphatic carbocycles. The number of sulfone groups is 1. The van der Waals surface area contributed by atoms with Crippen molar-refractivity contribution in [3.8, 4) is 0 Å². The van der Waals surface area contributed by atoms with Crippen molar-refractivity contribution in [3.63, 3.8) is 0 Å². The van der Waals surface area contributed by atoms with Gasteiger partial charge < -0.3 is 10.2 Å². The van der Waals surface area contributed by atoms with Crippen LogP contribution in [-0.2, 0) is 9.84 Å². The molecular formula is C18H25N3O2S. The van der Waals surface area contributed by atoms with Gasteiger partial charge in [0.25, 0.3) is 0 Å². The third kappa shape index (κ3) is 4.26. The number of rotatable bonds is 6. The maximum absolute atomic E-state index is 12.3.